The fourth-order valence-corrected chi connectivity index (χ4v) is 2.55. The van der Waals surface area contributed by atoms with Crippen LogP contribution in [0.2, 0.25) is 0 Å². The van der Waals surface area contributed by atoms with Crippen molar-refractivity contribution in [2.45, 2.75) is 6.61 Å². The van der Waals surface area contributed by atoms with Crippen LogP contribution < -0.4 is 5.56 Å². The van der Waals surface area contributed by atoms with Crippen LogP contribution in [-0.4, -0.2) is 19.5 Å². The molecule has 5 nitrogen and oxygen atoms in total. The van der Waals surface area contributed by atoms with E-state index in [1.807, 2.05) is 0 Å². The molecule has 3 aromatic heterocycles. The summed E-state index contributed by atoms with van der Waals surface area (Å²) < 4.78 is 1.73. The lowest BCUT2D eigenvalue weighted by Crippen LogP contribution is -2.09. The second-order valence-corrected chi connectivity index (χ2v) is 4.28. The Balaban J connectivity index is 2.57. The molecule has 0 bridgehead atoms. The van der Waals surface area contributed by atoms with Crippen LogP contribution in [0.1, 0.15) is 4.88 Å². The summed E-state index contributed by atoms with van der Waals surface area (Å²) in [5, 5.41) is 9.02. The highest BCUT2D eigenvalue weighted by Crippen LogP contribution is 2.23. The molecule has 15 heavy (non-hydrogen) atoms. The first-order valence-electron chi connectivity index (χ1n) is 4.38. The standard InChI is InChI=1S/C9H7N3O2S/c13-4-5-3-6-9(15-5)12-2-1-10-7(12)8(14)11-6/h1-3,13H,4H2,(H,11,14). The summed E-state index contributed by atoms with van der Waals surface area (Å²) in [6, 6.07) is 1.78. The Kier molecular flexibility index (Phi) is 1.68. The Morgan fingerprint density at radius 1 is 1.60 bits per heavy atom. The summed E-state index contributed by atoms with van der Waals surface area (Å²) in [5.41, 5.74) is 0.906. The number of hydrogen-bond acceptors (Lipinski definition) is 4. The first-order chi connectivity index (χ1) is 7.29. The predicted molar refractivity (Wildman–Crippen MR) is 57.1 cm³/mol. The summed E-state index contributed by atoms with van der Waals surface area (Å²) >= 11 is 1.44. The fourth-order valence-electron chi connectivity index (χ4n) is 1.59. The number of hydrogen-bond donors (Lipinski definition) is 2. The minimum atomic E-state index is -0.213. The van der Waals surface area contributed by atoms with Crippen LogP contribution in [0, 0.1) is 0 Å². The highest BCUT2D eigenvalue weighted by molar-refractivity contribution is 7.18. The number of nitrogens with one attached hydrogen (secondary N) is 1. The molecule has 0 atom stereocenters. The Morgan fingerprint density at radius 3 is 3.27 bits per heavy atom. The number of aromatic amines is 1. The summed E-state index contributed by atoms with van der Waals surface area (Å²) in [6.07, 6.45) is 3.33. The third-order valence-corrected chi connectivity index (χ3v) is 3.35. The van der Waals surface area contributed by atoms with E-state index in [2.05, 4.69) is 9.97 Å². The summed E-state index contributed by atoms with van der Waals surface area (Å²) in [5.74, 6) is 0. The molecular weight excluding hydrogens is 214 g/mol. The van der Waals surface area contributed by atoms with Crippen molar-refractivity contribution in [1.82, 2.24) is 14.4 Å². The van der Waals surface area contributed by atoms with Crippen molar-refractivity contribution < 1.29 is 5.11 Å². The molecule has 6 heteroatoms. The maximum absolute atomic E-state index is 11.6. The van der Waals surface area contributed by atoms with E-state index in [1.165, 1.54) is 11.3 Å². The molecule has 3 heterocycles. The van der Waals surface area contributed by atoms with Crippen molar-refractivity contribution in [2.75, 3.05) is 0 Å². The predicted octanol–water partition coefficient (Wildman–Crippen LogP) is 0.730. The van der Waals surface area contributed by atoms with Crippen LogP contribution in [0.3, 0.4) is 0 Å². The van der Waals surface area contributed by atoms with E-state index < -0.39 is 0 Å². The number of aromatic nitrogens is 3. The van der Waals surface area contributed by atoms with Gasteiger partial charge in [-0.2, -0.15) is 0 Å². The number of rotatable bonds is 1. The van der Waals surface area contributed by atoms with Crippen molar-refractivity contribution in [1.29, 1.82) is 0 Å². The van der Waals surface area contributed by atoms with Gasteiger partial charge in [-0.3, -0.25) is 9.20 Å². The molecule has 0 saturated carbocycles. The third kappa shape index (κ3) is 1.12. The van der Waals surface area contributed by atoms with Crippen molar-refractivity contribution in [3.63, 3.8) is 0 Å². The lowest BCUT2D eigenvalue weighted by atomic mass is 10.4. The van der Waals surface area contributed by atoms with E-state index in [9.17, 15) is 4.79 Å². The lowest BCUT2D eigenvalue weighted by Gasteiger charge is -1.93. The van der Waals surface area contributed by atoms with Gasteiger partial charge in [0.2, 0.25) is 5.65 Å². The smallest absolute Gasteiger partial charge is 0.292 e. The molecule has 0 aliphatic carbocycles. The van der Waals surface area contributed by atoms with Gasteiger partial charge in [-0.1, -0.05) is 0 Å². The van der Waals surface area contributed by atoms with E-state index in [-0.39, 0.29) is 12.2 Å². The Bertz CT molecular complexity index is 694. The molecule has 0 fully saturated rings. The van der Waals surface area contributed by atoms with E-state index in [0.717, 1.165) is 15.2 Å². The largest absolute Gasteiger partial charge is 0.391 e. The zero-order chi connectivity index (χ0) is 10.4. The molecule has 0 radical (unpaired) electrons. The van der Waals surface area contributed by atoms with Gasteiger partial charge in [0.15, 0.2) is 0 Å². The minimum Gasteiger partial charge on any atom is -0.391 e. The molecule has 0 aliphatic rings. The van der Waals surface area contributed by atoms with Crippen LogP contribution in [0.4, 0.5) is 0 Å². The van der Waals surface area contributed by atoms with Gasteiger partial charge in [-0.15, -0.1) is 11.3 Å². The molecule has 3 rings (SSSR count). The minimum absolute atomic E-state index is 0.0163. The Labute approximate surface area is 87.6 Å². The van der Waals surface area contributed by atoms with E-state index in [1.54, 1.807) is 22.9 Å². The van der Waals surface area contributed by atoms with Crippen molar-refractivity contribution in [2.24, 2.45) is 0 Å². The van der Waals surface area contributed by atoms with Gasteiger partial charge in [0, 0.05) is 17.3 Å². The molecule has 2 N–H and O–H groups in total. The van der Waals surface area contributed by atoms with Gasteiger partial charge in [-0.25, -0.2) is 4.98 Å². The first-order valence-corrected chi connectivity index (χ1v) is 5.20. The van der Waals surface area contributed by atoms with Crippen molar-refractivity contribution in [3.05, 3.63) is 33.7 Å². The van der Waals surface area contributed by atoms with Crippen molar-refractivity contribution in [3.8, 4) is 0 Å². The van der Waals surface area contributed by atoms with Crippen LogP contribution >= 0.6 is 11.3 Å². The van der Waals surface area contributed by atoms with Gasteiger partial charge >= 0.3 is 0 Å². The Hall–Kier alpha value is -1.66. The van der Waals surface area contributed by atoms with Crippen molar-refractivity contribution >= 4 is 27.3 Å². The van der Waals surface area contributed by atoms with Crippen LogP contribution in [0.25, 0.3) is 16.0 Å². The number of H-pyrrole nitrogens is 1. The lowest BCUT2D eigenvalue weighted by molar-refractivity contribution is 0.285. The number of aliphatic hydroxyl groups is 1. The topological polar surface area (TPSA) is 70.4 Å². The molecule has 3 aromatic rings. The maximum Gasteiger partial charge on any atom is 0.292 e. The summed E-state index contributed by atoms with van der Waals surface area (Å²) in [6.45, 7) is -0.0163. The summed E-state index contributed by atoms with van der Waals surface area (Å²) in [7, 11) is 0. The molecule has 0 amide bonds. The molecule has 0 unspecified atom stereocenters. The molecular formula is C9H7N3O2S. The average molecular weight is 221 g/mol. The molecule has 0 aliphatic heterocycles. The number of imidazole rings is 1. The van der Waals surface area contributed by atoms with Crippen LogP contribution in [0.5, 0.6) is 0 Å². The quantitative estimate of drug-likeness (QED) is 0.636. The number of nitrogens with zero attached hydrogens (tertiary/aromatic N) is 2. The van der Waals surface area contributed by atoms with E-state index in [0.29, 0.717) is 5.65 Å². The van der Waals surface area contributed by atoms with Gasteiger partial charge in [-0.05, 0) is 6.07 Å². The second-order valence-electron chi connectivity index (χ2n) is 3.16. The van der Waals surface area contributed by atoms with Gasteiger partial charge in [0.1, 0.15) is 4.83 Å². The monoisotopic (exact) mass is 221 g/mol. The average Bonchev–Trinajstić information content (AvgIpc) is 2.80. The summed E-state index contributed by atoms with van der Waals surface area (Å²) in [4.78, 5) is 20.0. The van der Waals surface area contributed by atoms with Crippen LogP contribution in [-0.2, 0) is 6.61 Å². The highest BCUT2D eigenvalue weighted by Gasteiger charge is 2.08. The Morgan fingerprint density at radius 2 is 2.47 bits per heavy atom. The van der Waals surface area contributed by atoms with Gasteiger partial charge in [0.25, 0.3) is 5.56 Å². The molecule has 76 valence electrons. The maximum atomic E-state index is 11.6. The zero-order valence-corrected chi connectivity index (χ0v) is 8.41. The highest BCUT2D eigenvalue weighted by atomic mass is 32.1. The first kappa shape index (κ1) is 8.63. The van der Waals surface area contributed by atoms with E-state index >= 15 is 0 Å². The van der Waals surface area contributed by atoms with Gasteiger partial charge < -0.3 is 10.1 Å². The van der Waals surface area contributed by atoms with Crippen LogP contribution in [0.15, 0.2) is 23.3 Å². The van der Waals surface area contributed by atoms with E-state index in [4.69, 9.17) is 5.11 Å². The number of fused-ring (bicyclic) bond motifs is 3. The SMILES string of the molecule is O=c1[nH]c2cc(CO)sc2n2ccnc12. The van der Waals surface area contributed by atoms with Gasteiger partial charge in [0.05, 0.1) is 12.1 Å². The molecule has 0 aromatic carbocycles. The second kappa shape index (κ2) is 2.91. The third-order valence-electron chi connectivity index (χ3n) is 2.23. The molecule has 0 saturated heterocycles. The fraction of sp³-hybridized carbons (Fsp3) is 0.111. The molecule has 0 spiro atoms. The number of thiophene rings is 1. The number of aliphatic hydroxyl groups excluding tert-OH is 1. The normalized spacial score (nSPS) is 11.5. The zero-order valence-electron chi connectivity index (χ0n) is 7.60.